The van der Waals surface area contributed by atoms with Crippen molar-refractivity contribution >= 4 is 11.3 Å². The maximum Gasteiger partial charge on any atom is 0.0239 e. The molecule has 1 aromatic heterocycles. The summed E-state index contributed by atoms with van der Waals surface area (Å²) in [5, 5.41) is 7.99. The number of nitrogens with one attached hydrogen (secondary N) is 1. The summed E-state index contributed by atoms with van der Waals surface area (Å²) < 4.78 is 0. The van der Waals surface area contributed by atoms with Gasteiger partial charge in [0.15, 0.2) is 0 Å². The van der Waals surface area contributed by atoms with Gasteiger partial charge >= 0.3 is 0 Å². The van der Waals surface area contributed by atoms with Crippen molar-refractivity contribution in [3.63, 3.8) is 0 Å². The average molecular weight is 224 g/mol. The van der Waals surface area contributed by atoms with Crippen LogP contribution in [0.25, 0.3) is 0 Å². The van der Waals surface area contributed by atoms with Crippen molar-refractivity contribution in [3.8, 4) is 0 Å². The van der Waals surface area contributed by atoms with Crippen LogP contribution >= 0.6 is 11.3 Å². The Balaban J connectivity index is 1.74. The van der Waals surface area contributed by atoms with Crippen LogP contribution in [-0.2, 0) is 6.54 Å². The van der Waals surface area contributed by atoms with Crippen molar-refractivity contribution in [2.45, 2.75) is 31.8 Å². The number of hydrogen-bond donors (Lipinski definition) is 1. The van der Waals surface area contributed by atoms with Gasteiger partial charge in [0.2, 0.25) is 0 Å². The maximum atomic E-state index is 3.59. The number of nitrogens with zero attached hydrogens (tertiary/aromatic N) is 1. The van der Waals surface area contributed by atoms with E-state index in [0.717, 1.165) is 6.54 Å². The van der Waals surface area contributed by atoms with Crippen LogP contribution in [0, 0.1) is 0 Å². The topological polar surface area (TPSA) is 15.3 Å². The Morgan fingerprint density at radius 2 is 2.47 bits per heavy atom. The van der Waals surface area contributed by atoms with Crippen LogP contribution in [0.15, 0.2) is 16.8 Å². The minimum Gasteiger partial charge on any atom is -0.313 e. The van der Waals surface area contributed by atoms with E-state index < -0.39 is 0 Å². The highest BCUT2D eigenvalue weighted by atomic mass is 32.1. The lowest BCUT2D eigenvalue weighted by molar-refractivity contribution is 0.257. The molecule has 2 heterocycles. The van der Waals surface area contributed by atoms with E-state index in [1.165, 1.54) is 37.9 Å². The predicted molar refractivity (Wildman–Crippen MR) is 66.3 cm³/mol. The third-order valence-corrected chi connectivity index (χ3v) is 3.71. The van der Waals surface area contributed by atoms with Gasteiger partial charge in [-0.3, -0.25) is 0 Å². The first-order valence-electron chi connectivity index (χ1n) is 5.77. The zero-order chi connectivity index (χ0) is 10.5. The molecular formula is C12H20N2S. The van der Waals surface area contributed by atoms with Crippen LogP contribution in [0.4, 0.5) is 0 Å². The van der Waals surface area contributed by atoms with Crippen LogP contribution in [0.1, 0.15) is 24.8 Å². The van der Waals surface area contributed by atoms with Crippen LogP contribution in [0.3, 0.4) is 0 Å². The second kappa shape index (κ2) is 5.64. The fraction of sp³-hybridized carbons (Fsp3) is 0.667. The van der Waals surface area contributed by atoms with Gasteiger partial charge in [-0.05, 0) is 48.8 Å². The van der Waals surface area contributed by atoms with Gasteiger partial charge in [0.05, 0.1) is 0 Å². The van der Waals surface area contributed by atoms with Crippen molar-refractivity contribution in [3.05, 3.63) is 22.4 Å². The molecule has 0 radical (unpaired) electrons. The summed E-state index contributed by atoms with van der Waals surface area (Å²) in [5.74, 6) is 0. The Morgan fingerprint density at radius 3 is 3.13 bits per heavy atom. The monoisotopic (exact) mass is 224 g/mol. The Kier molecular flexibility index (Phi) is 4.18. The molecule has 1 fully saturated rings. The van der Waals surface area contributed by atoms with E-state index in [9.17, 15) is 0 Å². The van der Waals surface area contributed by atoms with E-state index in [2.05, 4.69) is 34.1 Å². The summed E-state index contributed by atoms with van der Waals surface area (Å²) >= 11 is 1.79. The minimum absolute atomic E-state index is 0.711. The lowest BCUT2D eigenvalue weighted by Gasteiger charge is -2.28. The standard InChI is InChI=1S/C12H20N2S/c1-14(8-11-5-7-15-10-11)9-12-4-2-3-6-13-12/h5,7,10,12-13H,2-4,6,8-9H2,1H3. The van der Waals surface area contributed by atoms with E-state index in [1.807, 2.05) is 0 Å². The molecule has 1 N–H and O–H groups in total. The smallest absolute Gasteiger partial charge is 0.0239 e. The van der Waals surface area contributed by atoms with Gasteiger partial charge < -0.3 is 10.2 Å². The molecule has 3 heteroatoms. The first kappa shape index (κ1) is 11.1. The lowest BCUT2D eigenvalue weighted by atomic mass is 10.0. The summed E-state index contributed by atoms with van der Waals surface area (Å²) in [6.45, 7) is 3.47. The molecule has 0 aromatic carbocycles. The van der Waals surface area contributed by atoms with Crippen molar-refractivity contribution in [2.24, 2.45) is 0 Å². The minimum atomic E-state index is 0.711. The second-order valence-electron chi connectivity index (χ2n) is 4.48. The molecule has 0 bridgehead atoms. The molecular weight excluding hydrogens is 204 g/mol. The molecule has 0 spiro atoms. The van der Waals surface area contributed by atoms with Gasteiger partial charge in [0.1, 0.15) is 0 Å². The zero-order valence-electron chi connectivity index (χ0n) is 9.41. The Labute approximate surface area is 96.3 Å². The number of hydrogen-bond acceptors (Lipinski definition) is 3. The van der Waals surface area contributed by atoms with E-state index in [0.29, 0.717) is 6.04 Å². The third kappa shape index (κ3) is 3.59. The molecule has 1 aliphatic heterocycles. The molecule has 1 aromatic rings. The molecule has 1 aliphatic rings. The van der Waals surface area contributed by atoms with Crippen molar-refractivity contribution in [1.29, 1.82) is 0 Å². The van der Waals surface area contributed by atoms with E-state index in [4.69, 9.17) is 0 Å². The predicted octanol–water partition coefficient (Wildman–Crippen LogP) is 2.32. The van der Waals surface area contributed by atoms with Crippen LogP contribution in [-0.4, -0.2) is 31.1 Å². The quantitative estimate of drug-likeness (QED) is 0.844. The van der Waals surface area contributed by atoms with E-state index in [1.54, 1.807) is 11.3 Å². The lowest BCUT2D eigenvalue weighted by Crippen LogP contribution is -2.42. The van der Waals surface area contributed by atoms with Crippen LogP contribution in [0.2, 0.25) is 0 Å². The molecule has 0 saturated carbocycles. The molecule has 84 valence electrons. The average Bonchev–Trinajstić information content (AvgIpc) is 2.71. The highest BCUT2D eigenvalue weighted by molar-refractivity contribution is 7.07. The highest BCUT2D eigenvalue weighted by Gasteiger charge is 2.14. The maximum absolute atomic E-state index is 3.59. The number of thiophene rings is 1. The Bertz CT molecular complexity index is 265. The van der Waals surface area contributed by atoms with Gasteiger partial charge in [-0.25, -0.2) is 0 Å². The van der Waals surface area contributed by atoms with Gasteiger partial charge in [0, 0.05) is 19.1 Å². The summed E-state index contributed by atoms with van der Waals surface area (Å²) in [6, 6.07) is 2.93. The third-order valence-electron chi connectivity index (χ3n) is 2.98. The normalized spacial score (nSPS) is 22.1. The van der Waals surface area contributed by atoms with Gasteiger partial charge in [-0.1, -0.05) is 6.42 Å². The molecule has 15 heavy (non-hydrogen) atoms. The fourth-order valence-corrected chi connectivity index (χ4v) is 2.87. The van der Waals surface area contributed by atoms with Gasteiger partial charge in [-0.2, -0.15) is 11.3 Å². The molecule has 1 saturated heterocycles. The SMILES string of the molecule is CN(Cc1ccsc1)CC1CCCCN1. The Morgan fingerprint density at radius 1 is 1.53 bits per heavy atom. The Hall–Kier alpha value is -0.380. The highest BCUT2D eigenvalue weighted by Crippen LogP contribution is 2.11. The first-order valence-corrected chi connectivity index (χ1v) is 6.72. The van der Waals surface area contributed by atoms with Crippen LogP contribution < -0.4 is 5.32 Å². The summed E-state index contributed by atoms with van der Waals surface area (Å²) in [4.78, 5) is 2.42. The van der Waals surface area contributed by atoms with Crippen molar-refractivity contribution in [1.82, 2.24) is 10.2 Å². The van der Waals surface area contributed by atoms with Gasteiger partial charge in [0.25, 0.3) is 0 Å². The molecule has 0 amide bonds. The van der Waals surface area contributed by atoms with Crippen molar-refractivity contribution in [2.75, 3.05) is 20.1 Å². The summed E-state index contributed by atoms with van der Waals surface area (Å²) in [5.41, 5.74) is 1.44. The summed E-state index contributed by atoms with van der Waals surface area (Å²) in [7, 11) is 2.22. The van der Waals surface area contributed by atoms with E-state index in [-0.39, 0.29) is 0 Å². The molecule has 2 rings (SSSR count). The fourth-order valence-electron chi connectivity index (χ4n) is 2.21. The van der Waals surface area contributed by atoms with Gasteiger partial charge in [-0.15, -0.1) is 0 Å². The molecule has 2 nitrogen and oxygen atoms in total. The second-order valence-corrected chi connectivity index (χ2v) is 5.26. The zero-order valence-corrected chi connectivity index (χ0v) is 10.2. The largest absolute Gasteiger partial charge is 0.313 e. The number of piperidine rings is 1. The molecule has 0 aliphatic carbocycles. The van der Waals surface area contributed by atoms with Crippen LogP contribution in [0.5, 0.6) is 0 Å². The molecule has 1 atom stereocenters. The summed E-state index contributed by atoms with van der Waals surface area (Å²) in [6.07, 6.45) is 4.09. The van der Waals surface area contributed by atoms with Crippen molar-refractivity contribution < 1.29 is 0 Å². The van der Waals surface area contributed by atoms with E-state index >= 15 is 0 Å². The number of rotatable bonds is 4. The number of likely N-dealkylation sites (N-methyl/N-ethyl adjacent to an activating group) is 1. The molecule has 1 unspecified atom stereocenters. The first-order chi connectivity index (χ1) is 7.34.